The van der Waals surface area contributed by atoms with Gasteiger partial charge in [-0.3, -0.25) is 14.5 Å². The minimum atomic E-state index is -0.873. The molecule has 4 aliphatic rings. The van der Waals surface area contributed by atoms with E-state index in [2.05, 4.69) is 12.2 Å². The van der Waals surface area contributed by atoms with Crippen molar-refractivity contribution in [2.45, 2.75) is 31.7 Å². The van der Waals surface area contributed by atoms with Crippen LogP contribution < -0.4 is 0 Å². The lowest BCUT2D eigenvalue weighted by Gasteiger charge is -2.47. The van der Waals surface area contributed by atoms with Crippen LogP contribution in [0.1, 0.15) is 36.5 Å². The summed E-state index contributed by atoms with van der Waals surface area (Å²) >= 11 is 0. The van der Waals surface area contributed by atoms with E-state index in [-0.39, 0.29) is 30.2 Å². The van der Waals surface area contributed by atoms with E-state index in [0.717, 1.165) is 24.2 Å². The first-order valence-electron chi connectivity index (χ1n) is 9.29. The van der Waals surface area contributed by atoms with E-state index in [9.17, 15) is 14.4 Å². The number of carbonyl (C=O) groups excluding carboxylic acids is 3. The zero-order chi connectivity index (χ0) is 18.5. The Morgan fingerprint density at radius 2 is 1.88 bits per heavy atom. The molecule has 0 aromatic heterocycles. The molecule has 5 heteroatoms. The van der Waals surface area contributed by atoms with Crippen molar-refractivity contribution in [3.63, 3.8) is 0 Å². The lowest BCUT2D eigenvalue weighted by Crippen LogP contribution is -2.55. The lowest BCUT2D eigenvalue weighted by molar-refractivity contribution is -0.136. The van der Waals surface area contributed by atoms with Crippen LogP contribution >= 0.6 is 0 Å². The third-order valence-corrected chi connectivity index (χ3v) is 6.59. The normalized spacial score (nSPS) is 33.2. The van der Waals surface area contributed by atoms with Gasteiger partial charge in [0.25, 0.3) is 5.91 Å². The van der Waals surface area contributed by atoms with E-state index >= 15 is 0 Å². The molecule has 3 amide bonds. The van der Waals surface area contributed by atoms with Crippen LogP contribution in [0.2, 0.25) is 0 Å². The summed E-state index contributed by atoms with van der Waals surface area (Å²) in [5, 5.41) is 0. The Labute approximate surface area is 153 Å². The van der Waals surface area contributed by atoms with Crippen LogP contribution in [0.4, 0.5) is 4.79 Å². The molecule has 136 valence electrons. The summed E-state index contributed by atoms with van der Waals surface area (Å²) in [7, 11) is 1.69. The average molecular weight is 352 g/mol. The number of ketones is 1. The fourth-order valence-electron chi connectivity index (χ4n) is 4.87. The highest BCUT2D eigenvalue weighted by atomic mass is 16.2. The molecule has 2 unspecified atom stereocenters. The molecule has 1 aliphatic heterocycles. The van der Waals surface area contributed by atoms with Crippen molar-refractivity contribution < 1.29 is 14.4 Å². The molecule has 1 saturated heterocycles. The van der Waals surface area contributed by atoms with Gasteiger partial charge in [-0.05, 0) is 43.9 Å². The third-order valence-electron chi connectivity index (χ3n) is 6.59. The maximum absolute atomic E-state index is 13.3. The molecule has 5 nitrogen and oxygen atoms in total. The molecule has 26 heavy (non-hydrogen) atoms. The number of likely N-dealkylation sites (N-methyl/N-ethyl adjacent to an activating group) is 1. The maximum atomic E-state index is 13.3. The summed E-state index contributed by atoms with van der Waals surface area (Å²) in [6, 6.07) is 8.44. The number of hydrogen-bond donors (Lipinski definition) is 0. The van der Waals surface area contributed by atoms with Crippen LogP contribution in [0, 0.1) is 17.8 Å². The smallest absolute Gasteiger partial charge is 0.313 e. The molecule has 1 aromatic rings. The summed E-state index contributed by atoms with van der Waals surface area (Å²) in [6.07, 6.45) is 7.64. The Balaban J connectivity index is 1.59. The SMILES string of the molecule is CN1C(=O)N(CC(=O)c2ccccc2)C(=O)C1(C)C1C[C@@H]2C=C[C@H]1CC2. The topological polar surface area (TPSA) is 57.7 Å². The summed E-state index contributed by atoms with van der Waals surface area (Å²) < 4.78 is 0. The van der Waals surface area contributed by atoms with Gasteiger partial charge in [-0.15, -0.1) is 0 Å². The van der Waals surface area contributed by atoms with E-state index < -0.39 is 5.54 Å². The molecule has 2 bridgehead atoms. The summed E-state index contributed by atoms with van der Waals surface area (Å²) in [5.41, 5.74) is -0.355. The molecule has 1 aromatic carbocycles. The quantitative estimate of drug-likeness (QED) is 0.475. The summed E-state index contributed by atoms with van der Waals surface area (Å²) in [6.45, 7) is 1.68. The minimum Gasteiger partial charge on any atom is -0.313 e. The first-order valence-corrected chi connectivity index (χ1v) is 9.29. The predicted molar refractivity (Wildman–Crippen MR) is 97.5 cm³/mol. The van der Waals surface area contributed by atoms with Gasteiger partial charge in [0.2, 0.25) is 0 Å². The van der Waals surface area contributed by atoms with E-state index in [1.807, 2.05) is 13.0 Å². The molecule has 5 rings (SSSR count). The van der Waals surface area contributed by atoms with Crippen LogP contribution in [0.3, 0.4) is 0 Å². The lowest BCUT2D eigenvalue weighted by atomic mass is 9.62. The van der Waals surface area contributed by atoms with E-state index in [1.54, 1.807) is 36.2 Å². The van der Waals surface area contributed by atoms with Crippen LogP contribution in [0.15, 0.2) is 42.5 Å². The van der Waals surface area contributed by atoms with E-state index in [0.29, 0.717) is 17.4 Å². The van der Waals surface area contributed by atoms with Crippen LogP contribution in [-0.4, -0.2) is 46.7 Å². The number of Topliss-reactive ketones (excluding diaryl/α,β-unsaturated/α-hetero) is 1. The van der Waals surface area contributed by atoms with Gasteiger partial charge < -0.3 is 4.90 Å². The van der Waals surface area contributed by atoms with Gasteiger partial charge >= 0.3 is 6.03 Å². The van der Waals surface area contributed by atoms with Gasteiger partial charge in [0.1, 0.15) is 5.54 Å². The van der Waals surface area contributed by atoms with Gasteiger partial charge in [-0.25, -0.2) is 4.79 Å². The number of amides is 3. The summed E-state index contributed by atoms with van der Waals surface area (Å²) in [4.78, 5) is 41.3. The highest BCUT2D eigenvalue weighted by Crippen LogP contribution is 2.49. The molecule has 1 saturated carbocycles. The first kappa shape index (κ1) is 17.0. The van der Waals surface area contributed by atoms with Crippen molar-refractivity contribution in [1.29, 1.82) is 0 Å². The standard InChI is InChI=1S/C21H24N2O3/c1-21(17-12-14-8-10-15(17)11-9-14)19(25)23(20(26)22(21)2)13-18(24)16-6-4-3-5-7-16/h3-8,10,14-15,17H,9,11-13H2,1-2H3/t14-,15+,17?,21?/m1/s1. The monoisotopic (exact) mass is 352 g/mol. The first-order chi connectivity index (χ1) is 12.4. The second-order valence-electron chi connectivity index (χ2n) is 7.90. The molecule has 0 N–H and O–H groups in total. The molecule has 0 spiro atoms. The molecule has 2 fully saturated rings. The number of allylic oxidation sites excluding steroid dienone is 2. The van der Waals surface area contributed by atoms with Crippen LogP contribution in [-0.2, 0) is 4.79 Å². The molecule has 0 radical (unpaired) electrons. The van der Waals surface area contributed by atoms with Gasteiger partial charge in [-0.2, -0.15) is 0 Å². The third kappa shape index (κ3) is 2.41. The zero-order valence-electron chi connectivity index (χ0n) is 15.2. The number of urea groups is 1. The number of fused-ring (bicyclic) bond motifs is 2. The minimum absolute atomic E-state index is 0.115. The average Bonchev–Trinajstić information content (AvgIpc) is 2.85. The molecule has 3 aliphatic carbocycles. The van der Waals surface area contributed by atoms with Crippen LogP contribution in [0.25, 0.3) is 0 Å². The van der Waals surface area contributed by atoms with Crippen molar-refractivity contribution in [2.75, 3.05) is 13.6 Å². The predicted octanol–water partition coefficient (Wildman–Crippen LogP) is 3.12. The van der Waals surface area contributed by atoms with E-state index in [1.165, 1.54) is 0 Å². The highest BCUT2D eigenvalue weighted by Gasteiger charge is 2.59. The van der Waals surface area contributed by atoms with Gasteiger partial charge in [0, 0.05) is 12.6 Å². The summed E-state index contributed by atoms with van der Waals surface area (Å²) in [5.74, 6) is 0.492. The van der Waals surface area contributed by atoms with Crippen molar-refractivity contribution in [3.05, 3.63) is 48.0 Å². The number of rotatable bonds is 4. The van der Waals surface area contributed by atoms with Crippen molar-refractivity contribution in [3.8, 4) is 0 Å². The van der Waals surface area contributed by atoms with Gasteiger partial charge in [0.15, 0.2) is 5.78 Å². The molecule has 4 atom stereocenters. The number of carbonyl (C=O) groups is 3. The maximum Gasteiger partial charge on any atom is 0.327 e. The Bertz CT molecular complexity index is 788. The Kier molecular flexibility index (Phi) is 3.98. The Hall–Kier alpha value is -2.43. The fourth-order valence-corrected chi connectivity index (χ4v) is 4.87. The van der Waals surface area contributed by atoms with Crippen LogP contribution in [0.5, 0.6) is 0 Å². The molecule has 1 heterocycles. The largest absolute Gasteiger partial charge is 0.327 e. The number of nitrogens with zero attached hydrogens (tertiary/aromatic N) is 2. The molecular weight excluding hydrogens is 328 g/mol. The fraction of sp³-hybridized carbons (Fsp3) is 0.476. The van der Waals surface area contributed by atoms with Crippen molar-refractivity contribution in [2.24, 2.45) is 17.8 Å². The van der Waals surface area contributed by atoms with Gasteiger partial charge in [0.05, 0.1) is 6.54 Å². The Morgan fingerprint density at radius 1 is 1.15 bits per heavy atom. The van der Waals surface area contributed by atoms with Crippen molar-refractivity contribution >= 4 is 17.7 Å². The zero-order valence-corrected chi connectivity index (χ0v) is 15.2. The van der Waals surface area contributed by atoms with Gasteiger partial charge in [-0.1, -0.05) is 42.5 Å². The molecular formula is C21H24N2O3. The van der Waals surface area contributed by atoms with Crippen molar-refractivity contribution in [1.82, 2.24) is 9.80 Å². The van der Waals surface area contributed by atoms with E-state index in [4.69, 9.17) is 0 Å². The number of imide groups is 1. The number of benzene rings is 1. The second-order valence-corrected chi connectivity index (χ2v) is 7.90. The number of hydrogen-bond acceptors (Lipinski definition) is 3. The second kappa shape index (κ2) is 6.08. The highest BCUT2D eigenvalue weighted by molar-refractivity contribution is 6.11. The Morgan fingerprint density at radius 3 is 2.46 bits per heavy atom.